The van der Waals surface area contributed by atoms with Gasteiger partial charge in [0.1, 0.15) is 146 Å². The third-order valence-corrected chi connectivity index (χ3v) is 13.2. The van der Waals surface area contributed by atoms with Crippen molar-refractivity contribution in [2.24, 2.45) is 0 Å². The monoisotopic (exact) mass is 1070 g/mol. The molecule has 0 bridgehead atoms. The Labute approximate surface area is 413 Å². The number of hydrogen-bond donors (Lipinski definition) is 20. The van der Waals surface area contributed by atoms with Gasteiger partial charge in [-0.2, -0.15) is 0 Å². The Kier molecular flexibility index (Phi) is 21.3. The van der Waals surface area contributed by atoms with E-state index in [1.165, 1.54) is 0 Å². The summed E-state index contributed by atoms with van der Waals surface area (Å²) in [6.45, 7) is -3.84. The summed E-state index contributed by atoms with van der Waals surface area (Å²) in [7, 11) is 0. The second-order valence-electron chi connectivity index (χ2n) is 18.2. The standard InChI is InChI=1S/C40H68N2O31/c1-9(49)41-17-23(55)30(16(8-48)68-36(17)72-33-21(53)13(5-45)67-40(28(33)60)70-31-15(7-47)63-35(62)26(58)25(31)57)69-39-29(61)34(22(54)14(6-46)66-39)73-37-18(42-10(2)50)32(20(52)12(4-44)64-37)71-38-27(59)24(56)19(51)11(3-43)65-38/h11-40,43-48,51-62H,3-8H2,1-2H3,(H,41,49)(H,42,50)/t11-,12-,13-,14-,15-,16-,17-,18-,19+,20-,21+,22+,23-,24+,25-,26-,27-,28-,29-,30-,31-,32-,33+,34+,35?,36+,37+,38+,39+,40+/m1/s1. The molecular formula is C40H68N2O31. The summed E-state index contributed by atoms with van der Waals surface area (Å²) in [5.41, 5.74) is 0. The van der Waals surface area contributed by atoms with Crippen molar-refractivity contribution in [2.75, 3.05) is 39.6 Å². The number of aliphatic hydroxyl groups excluding tert-OH is 18. The van der Waals surface area contributed by atoms with E-state index in [-0.39, 0.29) is 0 Å². The minimum Gasteiger partial charge on any atom is -0.394 e. The molecule has 6 aliphatic heterocycles. The van der Waals surface area contributed by atoms with Gasteiger partial charge >= 0.3 is 0 Å². The molecule has 30 atom stereocenters. The molecule has 424 valence electrons. The van der Waals surface area contributed by atoms with Crippen molar-refractivity contribution >= 4 is 11.8 Å². The summed E-state index contributed by atoms with van der Waals surface area (Å²) in [6.07, 6.45) is -53.3. The molecule has 0 aliphatic carbocycles. The number of nitrogens with one attached hydrogen (secondary N) is 2. The quantitative estimate of drug-likeness (QED) is 0.0606. The highest BCUT2D eigenvalue weighted by Crippen LogP contribution is 2.37. The highest BCUT2D eigenvalue weighted by molar-refractivity contribution is 5.73. The smallest absolute Gasteiger partial charge is 0.217 e. The van der Waals surface area contributed by atoms with E-state index in [0.717, 1.165) is 13.8 Å². The Balaban J connectivity index is 1.23. The first kappa shape index (κ1) is 60.0. The molecule has 2 amide bonds. The van der Waals surface area contributed by atoms with Crippen molar-refractivity contribution in [1.82, 2.24) is 10.6 Å². The summed E-state index contributed by atoms with van der Waals surface area (Å²) in [5, 5.41) is 196. The molecule has 6 saturated heterocycles. The first-order valence-electron chi connectivity index (χ1n) is 23.1. The summed E-state index contributed by atoms with van der Waals surface area (Å²) < 4.78 is 62.6. The zero-order chi connectivity index (χ0) is 53.9. The van der Waals surface area contributed by atoms with Crippen LogP contribution in [0, 0.1) is 0 Å². The maximum Gasteiger partial charge on any atom is 0.217 e. The van der Waals surface area contributed by atoms with Crippen LogP contribution >= 0.6 is 0 Å². The van der Waals surface area contributed by atoms with Gasteiger partial charge in [0.25, 0.3) is 0 Å². The minimum atomic E-state index is -2.23. The van der Waals surface area contributed by atoms with E-state index < -0.39 is 236 Å². The number of ether oxygens (including phenoxy) is 11. The number of hydrogen-bond acceptors (Lipinski definition) is 31. The Morgan fingerprint density at radius 3 is 1.11 bits per heavy atom. The summed E-state index contributed by atoms with van der Waals surface area (Å²) in [4.78, 5) is 25.2. The van der Waals surface area contributed by atoms with E-state index in [9.17, 15) is 102 Å². The van der Waals surface area contributed by atoms with Gasteiger partial charge in [-0.25, -0.2) is 0 Å². The van der Waals surface area contributed by atoms with Gasteiger partial charge in [0.05, 0.1) is 39.6 Å². The Bertz CT molecular complexity index is 1750. The van der Waals surface area contributed by atoms with Gasteiger partial charge in [0.2, 0.25) is 11.8 Å². The van der Waals surface area contributed by atoms with Crippen molar-refractivity contribution in [3.05, 3.63) is 0 Å². The molecule has 6 rings (SSSR count). The fourth-order valence-electron chi connectivity index (χ4n) is 9.32. The summed E-state index contributed by atoms with van der Waals surface area (Å²) in [5.74, 6) is -1.70. The van der Waals surface area contributed by atoms with Crippen LogP contribution in [0.15, 0.2) is 0 Å². The highest BCUT2D eigenvalue weighted by atomic mass is 16.8. The summed E-state index contributed by atoms with van der Waals surface area (Å²) in [6, 6.07) is -3.53. The number of rotatable bonds is 18. The molecule has 6 fully saturated rings. The van der Waals surface area contributed by atoms with Crippen molar-refractivity contribution in [3.8, 4) is 0 Å². The molecule has 0 spiro atoms. The second kappa shape index (κ2) is 26.0. The number of carbonyl (C=O) groups is 2. The topological polar surface area (TPSA) is 524 Å². The van der Waals surface area contributed by atoms with E-state index >= 15 is 0 Å². The highest BCUT2D eigenvalue weighted by Gasteiger charge is 2.58. The average molecular weight is 1070 g/mol. The zero-order valence-electron chi connectivity index (χ0n) is 38.9. The number of amides is 2. The van der Waals surface area contributed by atoms with Crippen molar-refractivity contribution in [3.63, 3.8) is 0 Å². The molecular weight excluding hydrogens is 1000 g/mol. The second-order valence-corrected chi connectivity index (χ2v) is 18.2. The molecule has 0 radical (unpaired) electrons. The normalized spacial score (nSPS) is 49.8. The summed E-state index contributed by atoms with van der Waals surface area (Å²) >= 11 is 0. The molecule has 73 heavy (non-hydrogen) atoms. The van der Waals surface area contributed by atoms with E-state index in [2.05, 4.69) is 10.6 Å². The predicted octanol–water partition coefficient (Wildman–Crippen LogP) is -13.8. The van der Waals surface area contributed by atoms with Gasteiger partial charge in [0.15, 0.2) is 37.7 Å². The van der Waals surface area contributed by atoms with Crippen LogP contribution in [0.5, 0.6) is 0 Å². The lowest BCUT2D eigenvalue weighted by Gasteiger charge is -2.51. The lowest BCUT2D eigenvalue weighted by molar-refractivity contribution is -0.386. The molecule has 20 N–H and O–H groups in total. The largest absolute Gasteiger partial charge is 0.394 e. The Morgan fingerprint density at radius 1 is 0.329 bits per heavy atom. The average Bonchev–Trinajstić information content (AvgIpc) is 3.35. The van der Waals surface area contributed by atoms with Gasteiger partial charge in [0, 0.05) is 13.8 Å². The van der Waals surface area contributed by atoms with Crippen LogP contribution in [0.4, 0.5) is 0 Å². The van der Waals surface area contributed by atoms with Gasteiger partial charge in [-0.3, -0.25) is 9.59 Å². The van der Waals surface area contributed by atoms with Crippen molar-refractivity contribution in [1.29, 1.82) is 0 Å². The van der Waals surface area contributed by atoms with Gasteiger partial charge in [-0.1, -0.05) is 0 Å². The third kappa shape index (κ3) is 12.9. The molecule has 0 aromatic carbocycles. The van der Waals surface area contributed by atoms with Crippen LogP contribution in [0.3, 0.4) is 0 Å². The molecule has 33 nitrogen and oxygen atoms in total. The van der Waals surface area contributed by atoms with Gasteiger partial charge < -0.3 is 155 Å². The van der Waals surface area contributed by atoms with E-state index in [1.54, 1.807) is 0 Å². The first-order chi connectivity index (χ1) is 34.5. The van der Waals surface area contributed by atoms with Gasteiger partial charge in [-0.05, 0) is 0 Å². The minimum absolute atomic E-state index is 0.839. The van der Waals surface area contributed by atoms with Crippen LogP contribution in [0.25, 0.3) is 0 Å². The molecule has 6 heterocycles. The third-order valence-electron chi connectivity index (χ3n) is 13.2. The maximum absolute atomic E-state index is 12.6. The fourth-order valence-corrected chi connectivity index (χ4v) is 9.32. The Hall–Kier alpha value is -2.22. The van der Waals surface area contributed by atoms with Crippen LogP contribution in [0.2, 0.25) is 0 Å². The Morgan fingerprint density at radius 2 is 0.658 bits per heavy atom. The first-order valence-corrected chi connectivity index (χ1v) is 23.1. The van der Waals surface area contributed by atoms with Crippen molar-refractivity contribution < 1.29 is 154 Å². The van der Waals surface area contributed by atoms with Gasteiger partial charge in [-0.15, -0.1) is 0 Å². The molecule has 33 heteroatoms. The van der Waals surface area contributed by atoms with E-state index in [4.69, 9.17) is 52.1 Å². The van der Waals surface area contributed by atoms with Crippen LogP contribution in [-0.4, -0.2) is 327 Å². The van der Waals surface area contributed by atoms with Crippen LogP contribution < -0.4 is 10.6 Å². The maximum atomic E-state index is 12.6. The SMILES string of the molecule is CC(=O)N[C@H]1[C@H](O[C@H]2[C@@H](O)[C@@H](CO)O[C@@H](O[C@H]3[C@H](O)[C@@H](O)C(O)O[C@@H]3CO)[C@@H]2O)O[C@H](CO)[C@@H](O[C@@H]2O[C@H](CO)[C@H](O)[C@H](O[C@@H]3O[C@H](CO)[C@@H](O)[C@H](O[C@@H]4O[C@H](CO)[C@H](O)[C@H](O)[C@H]4O)[C@H]3NC(C)=O)[C@H]2O)[C@@H]1O. The lowest BCUT2D eigenvalue weighted by Crippen LogP contribution is -2.71. The molecule has 0 aromatic rings. The van der Waals surface area contributed by atoms with Crippen LogP contribution in [0.1, 0.15) is 13.8 Å². The molecule has 6 aliphatic rings. The zero-order valence-corrected chi connectivity index (χ0v) is 38.9. The lowest BCUT2D eigenvalue weighted by atomic mass is 9.93. The number of carbonyl (C=O) groups excluding carboxylic acids is 2. The molecule has 0 aromatic heterocycles. The molecule has 0 saturated carbocycles. The van der Waals surface area contributed by atoms with Crippen LogP contribution in [-0.2, 0) is 61.7 Å². The predicted molar refractivity (Wildman–Crippen MR) is 222 cm³/mol. The number of aliphatic hydroxyl groups is 18. The van der Waals surface area contributed by atoms with Crippen molar-refractivity contribution in [2.45, 2.75) is 198 Å². The fraction of sp³-hybridized carbons (Fsp3) is 0.950. The molecule has 1 unspecified atom stereocenters. The van der Waals surface area contributed by atoms with E-state index in [0.29, 0.717) is 0 Å². The van der Waals surface area contributed by atoms with E-state index in [1.807, 2.05) is 0 Å².